The van der Waals surface area contributed by atoms with E-state index >= 15 is 0 Å². The van der Waals surface area contributed by atoms with Crippen LogP contribution in [0.1, 0.15) is 57.9 Å². The molecule has 1 aromatic carbocycles. The molecule has 4 nitrogen and oxygen atoms in total. The molecule has 1 aromatic rings. The van der Waals surface area contributed by atoms with E-state index in [0.29, 0.717) is 11.4 Å². The van der Waals surface area contributed by atoms with Crippen LogP contribution < -0.4 is 5.32 Å². The molecule has 2 saturated heterocycles. The van der Waals surface area contributed by atoms with Crippen molar-refractivity contribution in [2.75, 3.05) is 26.2 Å². The second-order valence-electron chi connectivity index (χ2n) is 9.42. The number of hydrogen-bond acceptors (Lipinski definition) is 3. The van der Waals surface area contributed by atoms with Gasteiger partial charge in [0, 0.05) is 36.6 Å². The fourth-order valence-corrected chi connectivity index (χ4v) is 4.93. The number of likely N-dealkylation sites (tertiary alicyclic amines) is 1. The van der Waals surface area contributed by atoms with Gasteiger partial charge in [-0.05, 0) is 71.0 Å². The average molecular weight is 442 g/mol. The number of halogens is 2. The Balaban J connectivity index is 0.00000150. The molecule has 1 N–H and O–H groups in total. The van der Waals surface area contributed by atoms with Crippen LogP contribution in [0.4, 0.5) is 0 Å². The van der Waals surface area contributed by atoms with Crippen molar-refractivity contribution in [3.05, 3.63) is 35.9 Å². The number of hydrogen-bond donors (Lipinski definition) is 1. The van der Waals surface area contributed by atoms with Gasteiger partial charge >= 0.3 is 0 Å². The van der Waals surface area contributed by atoms with Gasteiger partial charge in [-0.1, -0.05) is 30.3 Å². The zero-order chi connectivity index (χ0) is 18.9. The smallest absolute Gasteiger partial charge is 0.226 e. The molecule has 1 aliphatic carbocycles. The molecular weight excluding hydrogens is 405 g/mol. The molecule has 1 saturated carbocycles. The molecule has 0 radical (unpaired) electrons. The predicted octanol–water partition coefficient (Wildman–Crippen LogP) is 4.27. The molecule has 1 amide bonds. The van der Waals surface area contributed by atoms with E-state index < -0.39 is 0 Å². The number of nitrogens with zero attached hydrogens (tertiary/aromatic N) is 2. The second-order valence-corrected chi connectivity index (χ2v) is 9.42. The molecule has 4 rings (SSSR count). The Bertz CT molecular complexity index is 651. The zero-order valence-corrected chi connectivity index (χ0v) is 19.5. The van der Waals surface area contributed by atoms with Crippen LogP contribution in [-0.4, -0.2) is 53.0 Å². The highest BCUT2D eigenvalue weighted by Crippen LogP contribution is 2.39. The lowest BCUT2D eigenvalue weighted by Crippen LogP contribution is -2.61. The number of rotatable bonds is 5. The zero-order valence-electron chi connectivity index (χ0n) is 17.9. The van der Waals surface area contributed by atoms with Crippen molar-refractivity contribution >= 4 is 30.7 Å². The first-order valence-electron chi connectivity index (χ1n) is 10.8. The second kappa shape index (κ2) is 10.00. The number of carbonyl (C=O) groups excluding carboxylic acids is 1. The summed E-state index contributed by atoms with van der Waals surface area (Å²) in [6.45, 7) is 10.0. The largest absolute Gasteiger partial charge is 0.333 e. The quantitative estimate of drug-likeness (QED) is 0.740. The van der Waals surface area contributed by atoms with E-state index in [1.807, 2.05) is 0 Å². The van der Waals surface area contributed by atoms with Crippen molar-refractivity contribution in [1.82, 2.24) is 15.1 Å². The molecule has 0 atom stereocenters. The lowest BCUT2D eigenvalue weighted by atomic mass is 9.81. The van der Waals surface area contributed by atoms with Crippen LogP contribution in [0.2, 0.25) is 0 Å². The van der Waals surface area contributed by atoms with Gasteiger partial charge in [-0.15, -0.1) is 24.8 Å². The van der Waals surface area contributed by atoms with Crippen molar-refractivity contribution in [1.29, 1.82) is 0 Å². The summed E-state index contributed by atoms with van der Waals surface area (Å²) in [6.07, 6.45) is 6.80. The minimum absolute atomic E-state index is 0. The Morgan fingerprint density at radius 3 is 2.17 bits per heavy atom. The Hall–Kier alpha value is -0.810. The lowest BCUT2D eigenvalue weighted by Gasteiger charge is -2.52. The molecule has 0 spiro atoms. The number of benzene rings is 1. The SMILES string of the molecule is CC1(N2CCC(C)(N(Cc3ccccc3)C(=O)C3CC3)CC2)CCNCC1.Cl.Cl. The van der Waals surface area contributed by atoms with E-state index in [0.717, 1.165) is 58.4 Å². The van der Waals surface area contributed by atoms with E-state index in [1.165, 1.54) is 18.4 Å². The third kappa shape index (κ3) is 5.46. The summed E-state index contributed by atoms with van der Waals surface area (Å²) in [6, 6.07) is 10.5. The monoisotopic (exact) mass is 441 g/mol. The van der Waals surface area contributed by atoms with Crippen LogP contribution in [0.25, 0.3) is 0 Å². The van der Waals surface area contributed by atoms with E-state index in [4.69, 9.17) is 0 Å². The summed E-state index contributed by atoms with van der Waals surface area (Å²) in [5.41, 5.74) is 1.56. The van der Waals surface area contributed by atoms with Gasteiger partial charge in [-0.3, -0.25) is 9.69 Å². The van der Waals surface area contributed by atoms with Crippen LogP contribution in [0.15, 0.2) is 30.3 Å². The van der Waals surface area contributed by atoms with Crippen LogP contribution in [0.3, 0.4) is 0 Å². The molecule has 6 heteroatoms. The first-order chi connectivity index (χ1) is 13.0. The minimum atomic E-state index is -0.0186. The van der Waals surface area contributed by atoms with Gasteiger partial charge in [0.15, 0.2) is 0 Å². The van der Waals surface area contributed by atoms with Crippen LogP contribution in [0.5, 0.6) is 0 Å². The Kier molecular flexibility index (Phi) is 8.43. The third-order valence-electron chi connectivity index (χ3n) is 7.31. The highest BCUT2D eigenvalue weighted by molar-refractivity contribution is 5.85. The maximum absolute atomic E-state index is 13.2. The molecule has 164 valence electrons. The van der Waals surface area contributed by atoms with E-state index in [9.17, 15) is 4.79 Å². The molecule has 0 unspecified atom stereocenters. The Labute approximate surface area is 188 Å². The Morgan fingerprint density at radius 2 is 1.62 bits per heavy atom. The Morgan fingerprint density at radius 1 is 1.03 bits per heavy atom. The van der Waals surface area contributed by atoms with E-state index in [1.54, 1.807) is 0 Å². The predicted molar refractivity (Wildman–Crippen MR) is 124 cm³/mol. The molecule has 2 aliphatic heterocycles. The number of piperidine rings is 2. The molecule has 0 bridgehead atoms. The molecule has 2 heterocycles. The highest BCUT2D eigenvalue weighted by Gasteiger charge is 2.45. The van der Waals surface area contributed by atoms with Crippen molar-refractivity contribution in [2.24, 2.45) is 5.92 Å². The summed E-state index contributed by atoms with van der Waals surface area (Å²) >= 11 is 0. The van der Waals surface area contributed by atoms with Crippen molar-refractivity contribution in [2.45, 2.75) is 70.0 Å². The third-order valence-corrected chi connectivity index (χ3v) is 7.31. The van der Waals surface area contributed by atoms with E-state index in [-0.39, 0.29) is 36.3 Å². The first-order valence-corrected chi connectivity index (χ1v) is 10.8. The standard InChI is InChI=1S/C23H35N3O.2ClH/c1-22(10-14-24-15-11-22)25-16-12-23(2,13-17-25)26(21(27)20-8-9-20)18-19-6-4-3-5-7-19;;/h3-7,20,24H,8-18H2,1-2H3;2*1H. The van der Waals surface area contributed by atoms with Crippen LogP contribution in [-0.2, 0) is 11.3 Å². The summed E-state index contributed by atoms with van der Waals surface area (Å²) in [7, 11) is 0. The van der Waals surface area contributed by atoms with Gasteiger partial charge in [0.25, 0.3) is 0 Å². The van der Waals surface area contributed by atoms with Gasteiger partial charge in [0.2, 0.25) is 5.91 Å². The minimum Gasteiger partial charge on any atom is -0.333 e. The average Bonchev–Trinajstić information content (AvgIpc) is 3.53. The van der Waals surface area contributed by atoms with Gasteiger partial charge < -0.3 is 10.2 Å². The van der Waals surface area contributed by atoms with Gasteiger partial charge in [-0.25, -0.2) is 0 Å². The maximum atomic E-state index is 13.2. The first kappa shape index (κ1) is 24.5. The van der Waals surface area contributed by atoms with Crippen molar-refractivity contribution in [3.63, 3.8) is 0 Å². The number of nitrogens with one attached hydrogen (secondary N) is 1. The normalized spacial score (nSPS) is 23.4. The molecule has 3 aliphatic rings. The molecule has 29 heavy (non-hydrogen) atoms. The topological polar surface area (TPSA) is 35.6 Å². The van der Waals surface area contributed by atoms with Crippen LogP contribution >= 0.6 is 24.8 Å². The summed E-state index contributed by atoms with van der Waals surface area (Å²) in [5, 5.41) is 3.50. The lowest BCUT2D eigenvalue weighted by molar-refractivity contribution is -0.142. The van der Waals surface area contributed by atoms with Gasteiger partial charge in [-0.2, -0.15) is 0 Å². The fourth-order valence-electron chi connectivity index (χ4n) is 4.93. The number of carbonyl (C=O) groups is 1. The number of amides is 1. The summed E-state index contributed by atoms with van der Waals surface area (Å²) in [4.78, 5) is 18.1. The van der Waals surface area contributed by atoms with Gasteiger partial charge in [0.1, 0.15) is 0 Å². The fraction of sp³-hybridized carbons (Fsp3) is 0.696. The van der Waals surface area contributed by atoms with E-state index in [2.05, 4.69) is 59.3 Å². The highest BCUT2D eigenvalue weighted by atomic mass is 35.5. The maximum Gasteiger partial charge on any atom is 0.226 e. The summed E-state index contributed by atoms with van der Waals surface area (Å²) < 4.78 is 0. The molecule has 3 fully saturated rings. The van der Waals surface area contributed by atoms with Crippen molar-refractivity contribution < 1.29 is 4.79 Å². The van der Waals surface area contributed by atoms with Crippen LogP contribution in [0, 0.1) is 5.92 Å². The van der Waals surface area contributed by atoms with Crippen molar-refractivity contribution in [3.8, 4) is 0 Å². The molecular formula is C23H37Cl2N3O. The molecule has 0 aromatic heterocycles. The summed E-state index contributed by atoms with van der Waals surface area (Å²) in [5.74, 6) is 0.674. The van der Waals surface area contributed by atoms with Gasteiger partial charge in [0.05, 0.1) is 0 Å².